The number of carbonyl (C=O) groups excluding carboxylic acids is 1. The summed E-state index contributed by atoms with van der Waals surface area (Å²) in [4.78, 5) is 16.6. The van der Waals surface area contributed by atoms with Gasteiger partial charge in [0.2, 0.25) is 0 Å². The van der Waals surface area contributed by atoms with E-state index in [4.69, 9.17) is 0 Å². The monoisotopic (exact) mass is 421 g/mol. The second kappa shape index (κ2) is 8.28. The maximum Gasteiger partial charge on any atom is 0.261 e. The maximum absolute atomic E-state index is 12.6. The molecule has 2 aromatic carbocycles. The van der Waals surface area contributed by atoms with Crippen LogP contribution < -0.4 is 10.0 Å². The minimum absolute atomic E-state index is 0.00530. The molecule has 6 nitrogen and oxygen atoms in total. The van der Waals surface area contributed by atoms with Crippen LogP contribution >= 0.6 is 0 Å². The van der Waals surface area contributed by atoms with E-state index in [1.54, 1.807) is 12.1 Å². The van der Waals surface area contributed by atoms with Crippen LogP contribution in [0.15, 0.2) is 84.0 Å². The summed E-state index contributed by atoms with van der Waals surface area (Å²) in [6, 6.07) is 19.4. The Morgan fingerprint density at radius 2 is 1.60 bits per heavy atom. The summed E-state index contributed by atoms with van der Waals surface area (Å²) in [6.07, 6.45) is 6.28. The normalized spacial score (nSPS) is 15.1. The van der Waals surface area contributed by atoms with Crippen molar-refractivity contribution >= 4 is 21.6 Å². The summed E-state index contributed by atoms with van der Waals surface area (Å²) in [6.45, 7) is 0.569. The Kier molecular flexibility index (Phi) is 5.55. The number of sulfonamides is 1. The Labute approximate surface area is 176 Å². The van der Waals surface area contributed by atoms with Crippen molar-refractivity contribution in [1.82, 2.24) is 10.3 Å². The highest BCUT2D eigenvalue weighted by molar-refractivity contribution is 7.92. The molecule has 1 fully saturated rings. The lowest BCUT2D eigenvalue weighted by molar-refractivity contribution is 0.0927. The average molecular weight is 422 g/mol. The number of pyridine rings is 1. The Balaban J connectivity index is 1.42. The van der Waals surface area contributed by atoms with Crippen LogP contribution in [0, 0.1) is 0 Å². The van der Waals surface area contributed by atoms with Crippen LogP contribution in [-0.2, 0) is 15.4 Å². The number of nitrogens with zero attached hydrogens (tertiary/aromatic N) is 1. The quantitative estimate of drug-likeness (QED) is 0.608. The minimum Gasteiger partial charge on any atom is -0.351 e. The standard InChI is InChI=1S/C23H23N3O3S/c27-22(25-17-23(13-4-14-23)19-5-2-1-3-6-19)18-7-9-21(10-8-18)30(28,29)26-20-11-15-24-16-12-20/h1-3,5-12,15-16H,4,13-14,17H2,(H,24,26)(H,25,27). The third-order valence-electron chi connectivity index (χ3n) is 5.64. The van der Waals surface area contributed by atoms with Crippen molar-refractivity contribution in [2.45, 2.75) is 29.6 Å². The lowest BCUT2D eigenvalue weighted by Gasteiger charge is -2.42. The number of rotatable bonds is 7. The van der Waals surface area contributed by atoms with Crippen molar-refractivity contribution in [3.8, 4) is 0 Å². The zero-order chi connectivity index (χ0) is 21.0. The molecular formula is C23H23N3O3S. The highest BCUT2D eigenvalue weighted by Gasteiger charge is 2.38. The Morgan fingerprint density at radius 3 is 2.20 bits per heavy atom. The topological polar surface area (TPSA) is 88.2 Å². The number of hydrogen-bond acceptors (Lipinski definition) is 4. The molecular weight excluding hydrogens is 398 g/mol. The van der Waals surface area contributed by atoms with E-state index in [1.165, 1.54) is 42.2 Å². The first-order chi connectivity index (χ1) is 14.5. The molecule has 3 aromatic rings. The number of anilines is 1. The predicted octanol–water partition coefficient (Wildman–Crippen LogP) is 3.73. The van der Waals surface area contributed by atoms with Crippen molar-refractivity contribution in [2.75, 3.05) is 11.3 Å². The summed E-state index contributed by atoms with van der Waals surface area (Å²) in [5, 5.41) is 3.03. The molecule has 0 radical (unpaired) electrons. The van der Waals surface area contributed by atoms with Gasteiger partial charge in [-0.05, 0) is 54.8 Å². The fourth-order valence-electron chi connectivity index (χ4n) is 3.73. The first-order valence-corrected chi connectivity index (χ1v) is 11.3. The minimum atomic E-state index is -3.73. The van der Waals surface area contributed by atoms with E-state index in [0.29, 0.717) is 17.8 Å². The number of benzene rings is 2. The van der Waals surface area contributed by atoms with Crippen LogP contribution in [0.4, 0.5) is 5.69 Å². The van der Waals surface area contributed by atoms with Crippen LogP contribution in [0.25, 0.3) is 0 Å². The zero-order valence-corrected chi connectivity index (χ0v) is 17.2. The number of aromatic nitrogens is 1. The summed E-state index contributed by atoms with van der Waals surface area (Å²) in [5.41, 5.74) is 2.10. The van der Waals surface area contributed by atoms with Gasteiger partial charge >= 0.3 is 0 Å². The maximum atomic E-state index is 12.6. The molecule has 0 saturated heterocycles. The van der Waals surface area contributed by atoms with Gasteiger partial charge in [-0.2, -0.15) is 0 Å². The van der Waals surface area contributed by atoms with Gasteiger partial charge in [0, 0.05) is 29.9 Å². The molecule has 0 bridgehead atoms. The van der Waals surface area contributed by atoms with Crippen molar-refractivity contribution in [1.29, 1.82) is 0 Å². The molecule has 1 aliphatic rings. The molecule has 1 amide bonds. The molecule has 2 N–H and O–H groups in total. The molecule has 154 valence electrons. The largest absolute Gasteiger partial charge is 0.351 e. The van der Waals surface area contributed by atoms with Crippen molar-refractivity contribution in [3.63, 3.8) is 0 Å². The zero-order valence-electron chi connectivity index (χ0n) is 16.4. The lowest BCUT2D eigenvalue weighted by atomic mass is 9.64. The van der Waals surface area contributed by atoms with Gasteiger partial charge in [-0.3, -0.25) is 14.5 Å². The number of nitrogens with one attached hydrogen (secondary N) is 2. The van der Waals surface area contributed by atoms with Gasteiger partial charge in [-0.15, -0.1) is 0 Å². The molecule has 30 heavy (non-hydrogen) atoms. The van der Waals surface area contributed by atoms with Crippen LogP contribution in [-0.4, -0.2) is 25.9 Å². The van der Waals surface area contributed by atoms with Gasteiger partial charge in [0.1, 0.15) is 0 Å². The number of amides is 1. The molecule has 0 spiro atoms. The smallest absolute Gasteiger partial charge is 0.261 e. The molecule has 0 aliphatic heterocycles. The summed E-state index contributed by atoms with van der Waals surface area (Å²) >= 11 is 0. The fourth-order valence-corrected chi connectivity index (χ4v) is 4.79. The van der Waals surface area contributed by atoms with E-state index in [9.17, 15) is 13.2 Å². The molecule has 7 heteroatoms. The van der Waals surface area contributed by atoms with Crippen LogP contribution in [0.1, 0.15) is 35.2 Å². The first kappa shape index (κ1) is 20.1. The average Bonchev–Trinajstić information content (AvgIpc) is 2.74. The molecule has 1 heterocycles. The first-order valence-electron chi connectivity index (χ1n) is 9.85. The van der Waals surface area contributed by atoms with Gasteiger partial charge in [-0.1, -0.05) is 36.8 Å². The van der Waals surface area contributed by atoms with Gasteiger partial charge in [0.15, 0.2) is 0 Å². The van der Waals surface area contributed by atoms with Gasteiger partial charge < -0.3 is 5.32 Å². The van der Waals surface area contributed by atoms with E-state index in [-0.39, 0.29) is 16.2 Å². The molecule has 0 unspecified atom stereocenters. The summed E-state index contributed by atoms with van der Waals surface area (Å²) in [7, 11) is -3.73. The highest BCUT2D eigenvalue weighted by atomic mass is 32.2. The van der Waals surface area contributed by atoms with Gasteiger partial charge in [0.05, 0.1) is 10.6 Å². The predicted molar refractivity (Wildman–Crippen MR) is 116 cm³/mol. The molecule has 1 aromatic heterocycles. The Hall–Kier alpha value is -3.19. The van der Waals surface area contributed by atoms with Crippen LogP contribution in [0.2, 0.25) is 0 Å². The van der Waals surface area contributed by atoms with E-state index >= 15 is 0 Å². The lowest BCUT2D eigenvalue weighted by Crippen LogP contribution is -2.45. The van der Waals surface area contributed by atoms with E-state index < -0.39 is 10.0 Å². The third-order valence-corrected chi connectivity index (χ3v) is 7.04. The van der Waals surface area contributed by atoms with Crippen molar-refractivity contribution in [3.05, 3.63) is 90.3 Å². The van der Waals surface area contributed by atoms with Gasteiger partial charge in [-0.25, -0.2) is 8.42 Å². The molecule has 1 aliphatic carbocycles. The van der Waals surface area contributed by atoms with Crippen LogP contribution in [0.5, 0.6) is 0 Å². The van der Waals surface area contributed by atoms with Crippen molar-refractivity contribution < 1.29 is 13.2 Å². The van der Waals surface area contributed by atoms with Crippen molar-refractivity contribution in [2.24, 2.45) is 0 Å². The van der Waals surface area contributed by atoms with E-state index in [0.717, 1.165) is 19.3 Å². The summed E-state index contributed by atoms with van der Waals surface area (Å²) < 4.78 is 27.5. The van der Waals surface area contributed by atoms with Gasteiger partial charge in [0.25, 0.3) is 15.9 Å². The highest BCUT2D eigenvalue weighted by Crippen LogP contribution is 2.43. The van der Waals surface area contributed by atoms with E-state index in [2.05, 4.69) is 27.2 Å². The Morgan fingerprint density at radius 1 is 0.933 bits per heavy atom. The Bertz CT molecular complexity index is 1110. The SMILES string of the molecule is O=C(NCC1(c2ccccc2)CCC1)c1ccc(S(=O)(=O)Nc2ccncc2)cc1. The number of hydrogen-bond donors (Lipinski definition) is 2. The molecule has 1 saturated carbocycles. The summed E-state index contributed by atoms with van der Waals surface area (Å²) in [5.74, 6) is -0.205. The third kappa shape index (κ3) is 4.21. The molecule has 0 atom stereocenters. The van der Waals surface area contributed by atoms with E-state index in [1.807, 2.05) is 18.2 Å². The molecule has 4 rings (SSSR count). The second-order valence-corrected chi connectivity index (χ2v) is 9.23. The van der Waals surface area contributed by atoms with Crippen LogP contribution in [0.3, 0.4) is 0 Å². The second-order valence-electron chi connectivity index (χ2n) is 7.55. The number of carbonyl (C=O) groups is 1. The fraction of sp³-hybridized carbons (Fsp3) is 0.217.